The molecule has 0 spiro atoms. The van der Waals surface area contributed by atoms with Crippen LogP contribution in [0.2, 0.25) is 0 Å². The molecule has 1 rings (SSSR count). The highest BCUT2D eigenvalue weighted by molar-refractivity contribution is 4.89. The lowest BCUT2D eigenvalue weighted by Gasteiger charge is -2.34. The van der Waals surface area contributed by atoms with Gasteiger partial charge in [0.05, 0.1) is 6.10 Å². The molecule has 0 radical (unpaired) electrons. The third kappa shape index (κ3) is 2.93. The van der Waals surface area contributed by atoms with Crippen LogP contribution in [0.15, 0.2) is 0 Å². The lowest BCUT2D eigenvalue weighted by molar-refractivity contribution is 0.0243. The SMILES string of the molecule is CC(C)(N)C(CCO)C1CCCO1. The van der Waals surface area contributed by atoms with Crippen LogP contribution in [0.5, 0.6) is 0 Å². The third-order valence-electron chi connectivity index (χ3n) is 2.81. The molecule has 2 atom stereocenters. The van der Waals surface area contributed by atoms with Gasteiger partial charge in [-0.1, -0.05) is 0 Å². The van der Waals surface area contributed by atoms with Crippen LogP contribution in [-0.4, -0.2) is 30.0 Å². The zero-order valence-corrected chi connectivity index (χ0v) is 8.62. The van der Waals surface area contributed by atoms with Crippen molar-refractivity contribution in [2.45, 2.75) is 44.8 Å². The molecule has 1 aliphatic heterocycles. The summed E-state index contributed by atoms with van der Waals surface area (Å²) in [6.07, 6.45) is 3.22. The van der Waals surface area contributed by atoms with Gasteiger partial charge in [0.2, 0.25) is 0 Å². The summed E-state index contributed by atoms with van der Waals surface area (Å²) < 4.78 is 5.60. The number of hydrogen-bond acceptors (Lipinski definition) is 3. The Morgan fingerprint density at radius 1 is 1.62 bits per heavy atom. The quantitative estimate of drug-likeness (QED) is 0.687. The average Bonchev–Trinajstić information content (AvgIpc) is 2.49. The van der Waals surface area contributed by atoms with E-state index in [1.54, 1.807) is 0 Å². The fourth-order valence-electron chi connectivity index (χ4n) is 2.10. The molecule has 1 fully saturated rings. The standard InChI is InChI=1S/C10H21NO2/c1-10(2,11)8(5-6-12)9-4-3-7-13-9/h8-9,12H,3-7,11H2,1-2H3. The molecule has 0 saturated carbocycles. The molecule has 1 saturated heterocycles. The monoisotopic (exact) mass is 187 g/mol. The van der Waals surface area contributed by atoms with Gasteiger partial charge < -0.3 is 15.6 Å². The van der Waals surface area contributed by atoms with Crippen LogP contribution in [0.25, 0.3) is 0 Å². The summed E-state index contributed by atoms with van der Waals surface area (Å²) in [4.78, 5) is 0. The highest BCUT2D eigenvalue weighted by atomic mass is 16.5. The van der Waals surface area contributed by atoms with E-state index in [0.717, 1.165) is 25.9 Å². The van der Waals surface area contributed by atoms with Crippen molar-refractivity contribution in [1.29, 1.82) is 0 Å². The molecule has 13 heavy (non-hydrogen) atoms. The van der Waals surface area contributed by atoms with Crippen molar-refractivity contribution in [3.8, 4) is 0 Å². The molecule has 0 amide bonds. The van der Waals surface area contributed by atoms with Gasteiger partial charge in [-0.05, 0) is 33.1 Å². The number of rotatable bonds is 4. The first kappa shape index (κ1) is 11.0. The summed E-state index contributed by atoms with van der Waals surface area (Å²) in [6, 6.07) is 0. The van der Waals surface area contributed by atoms with Crippen molar-refractivity contribution in [2.75, 3.05) is 13.2 Å². The molecule has 78 valence electrons. The second kappa shape index (κ2) is 4.40. The first-order chi connectivity index (χ1) is 6.05. The summed E-state index contributed by atoms with van der Waals surface area (Å²) in [5.41, 5.74) is 5.80. The maximum absolute atomic E-state index is 8.95. The van der Waals surface area contributed by atoms with Gasteiger partial charge in [0.1, 0.15) is 0 Å². The Morgan fingerprint density at radius 3 is 2.69 bits per heavy atom. The van der Waals surface area contributed by atoms with Crippen molar-refractivity contribution in [3.63, 3.8) is 0 Å². The zero-order chi connectivity index (χ0) is 9.90. The molecule has 0 aromatic rings. The summed E-state index contributed by atoms with van der Waals surface area (Å²) in [5, 5.41) is 8.95. The van der Waals surface area contributed by atoms with Gasteiger partial charge in [0.25, 0.3) is 0 Å². The first-order valence-electron chi connectivity index (χ1n) is 5.07. The Morgan fingerprint density at radius 2 is 2.31 bits per heavy atom. The van der Waals surface area contributed by atoms with Gasteiger partial charge in [0, 0.05) is 24.7 Å². The van der Waals surface area contributed by atoms with E-state index in [2.05, 4.69) is 0 Å². The van der Waals surface area contributed by atoms with E-state index < -0.39 is 0 Å². The van der Waals surface area contributed by atoms with E-state index >= 15 is 0 Å². The van der Waals surface area contributed by atoms with Crippen molar-refractivity contribution in [3.05, 3.63) is 0 Å². The third-order valence-corrected chi connectivity index (χ3v) is 2.81. The molecule has 3 heteroatoms. The van der Waals surface area contributed by atoms with Crippen molar-refractivity contribution in [1.82, 2.24) is 0 Å². The fraction of sp³-hybridized carbons (Fsp3) is 1.00. The molecule has 3 N–H and O–H groups in total. The fourth-order valence-corrected chi connectivity index (χ4v) is 2.10. The molecule has 0 aliphatic carbocycles. The van der Waals surface area contributed by atoms with Crippen molar-refractivity contribution >= 4 is 0 Å². The normalized spacial score (nSPS) is 26.3. The molecule has 3 nitrogen and oxygen atoms in total. The number of hydrogen-bond donors (Lipinski definition) is 2. The number of nitrogens with two attached hydrogens (primary N) is 1. The van der Waals surface area contributed by atoms with Crippen LogP contribution in [-0.2, 0) is 4.74 Å². The number of aliphatic hydroxyl groups excluding tert-OH is 1. The maximum Gasteiger partial charge on any atom is 0.0622 e. The topological polar surface area (TPSA) is 55.5 Å². The average molecular weight is 187 g/mol. The van der Waals surface area contributed by atoms with Crippen LogP contribution in [0.4, 0.5) is 0 Å². The first-order valence-corrected chi connectivity index (χ1v) is 5.07. The number of ether oxygens (including phenoxy) is 1. The minimum atomic E-state index is -0.252. The Kier molecular flexibility index (Phi) is 3.71. The van der Waals surface area contributed by atoms with E-state index in [1.165, 1.54) is 0 Å². The predicted octanol–water partition coefficient (Wildman–Crippen LogP) is 0.901. The highest BCUT2D eigenvalue weighted by Gasteiger charge is 2.34. The Labute approximate surface area is 80.3 Å². The Bertz CT molecular complexity index is 147. The zero-order valence-electron chi connectivity index (χ0n) is 8.62. The smallest absolute Gasteiger partial charge is 0.0622 e. The Balaban J connectivity index is 2.55. The van der Waals surface area contributed by atoms with E-state index in [1.807, 2.05) is 13.8 Å². The second-order valence-electron chi connectivity index (χ2n) is 4.49. The molecular weight excluding hydrogens is 166 g/mol. The van der Waals surface area contributed by atoms with Gasteiger partial charge in [0.15, 0.2) is 0 Å². The maximum atomic E-state index is 8.95. The molecule has 1 heterocycles. The van der Waals surface area contributed by atoms with Crippen LogP contribution in [0, 0.1) is 5.92 Å². The van der Waals surface area contributed by atoms with Gasteiger partial charge in [-0.25, -0.2) is 0 Å². The summed E-state index contributed by atoms with van der Waals surface area (Å²) in [5.74, 6) is 0.278. The van der Waals surface area contributed by atoms with Crippen LogP contribution in [0.3, 0.4) is 0 Å². The Hall–Kier alpha value is -0.120. The largest absolute Gasteiger partial charge is 0.396 e. The van der Waals surface area contributed by atoms with Gasteiger partial charge >= 0.3 is 0 Å². The molecule has 1 aliphatic rings. The molecule has 2 unspecified atom stereocenters. The summed E-state index contributed by atoms with van der Waals surface area (Å²) in [7, 11) is 0. The van der Waals surface area contributed by atoms with Crippen LogP contribution >= 0.6 is 0 Å². The van der Waals surface area contributed by atoms with Crippen LogP contribution in [0.1, 0.15) is 33.1 Å². The molecular formula is C10H21NO2. The van der Waals surface area contributed by atoms with Gasteiger partial charge in [-0.3, -0.25) is 0 Å². The van der Waals surface area contributed by atoms with Gasteiger partial charge in [-0.2, -0.15) is 0 Å². The van der Waals surface area contributed by atoms with Crippen molar-refractivity contribution in [2.24, 2.45) is 11.7 Å². The lowest BCUT2D eigenvalue weighted by atomic mass is 9.81. The van der Waals surface area contributed by atoms with E-state index in [0.29, 0.717) is 0 Å². The summed E-state index contributed by atoms with van der Waals surface area (Å²) >= 11 is 0. The van der Waals surface area contributed by atoms with Crippen LogP contribution < -0.4 is 5.73 Å². The van der Waals surface area contributed by atoms with E-state index in [-0.39, 0.29) is 24.2 Å². The minimum Gasteiger partial charge on any atom is -0.396 e. The van der Waals surface area contributed by atoms with Crippen molar-refractivity contribution < 1.29 is 9.84 Å². The minimum absolute atomic E-state index is 0.200. The van der Waals surface area contributed by atoms with E-state index in [4.69, 9.17) is 15.6 Å². The molecule has 0 aromatic carbocycles. The van der Waals surface area contributed by atoms with Gasteiger partial charge in [-0.15, -0.1) is 0 Å². The van der Waals surface area contributed by atoms with E-state index in [9.17, 15) is 0 Å². The number of aliphatic hydroxyl groups is 1. The second-order valence-corrected chi connectivity index (χ2v) is 4.49. The predicted molar refractivity (Wildman–Crippen MR) is 52.4 cm³/mol. The lowest BCUT2D eigenvalue weighted by Crippen LogP contribution is -2.47. The highest BCUT2D eigenvalue weighted by Crippen LogP contribution is 2.29. The molecule has 0 bridgehead atoms. The molecule has 0 aromatic heterocycles. The summed E-state index contributed by atoms with van der Waals surface area (Å²) in [6.45, 7) is 5.07.